The van der Waals surface area contributed by atoms with E-state index in [0.717, 1.165) is 17.9 Å². The van der Waals surface area contributed by atoms with Gasteiger partial charge in [0.1, 0.15) is 0 Å². The summed E-state index contributed by atoms with van der Waals surface area (Å²) < 4.78 is 0. The van der Waals surface area contributed by atoms with Crippen LogP contribution in [0.3, 0.4) is 0 Å². The van der Waals surface area contributed by atoms with Crippen molar-refractivity contribution >= 4 is 0 Å². The molecule has 1 aliphatic rings. The van der Waals surface area contributed by atoms with Gasteiger partial charge in [0.05, 0.1) is 0 Å². The summed E-state index contributed by atoms with van der Waals surface area (Å²) in [6.07, 6.45) is 5.34. The molecule has 1 fully saturated rings. The van der Waals surface area contributed by atoms with Crippen LogP contribution in [0.15, 0.2) is 0 Å². The number of hydrogen-bond donors (Lipinski definition) is 1. The van der Waals surface area contributed by atoms with Gasteiger partial charge in [0.15, 0.2) is 0 Å². The van der Waals surface area contributed by atoms with Crippen molar-refractivity contribution in [3.05, 3.63) is 0 Å². The van der Waals surface area contributed by atoms with Crippen molar-refractivity contribution in [3.63, 3.8) is 0 Å². The number of rotatable bonds is 6. The van der Waals surface area contributed by atoms with E-state index >= 15 is 0 Å². The molecule has 2 atom stereocenters. The molecule has 0 aromatic heterocycles. The van der Waals surface area contributed by atoms with Gasteiger partial charge in [-0.05, 0) is 57.5 Å². The van der Waals surface area contributed by atoms with E-state index < -0.39 is 0 Å². The molecular weight excluding hydrogens is 220 g/mol. The summed E-state index contributed by atoms with van der Waals surface area (Å²) in [6.45, 7) is 15.4. The first-order valence-corrected chi connectivity index (χ1v) is 7.96. The van der Waals surface area contributed by atoms with Crippen molar-refractivity contribution in [3.8, 4) is 0 Å². The van der Waals surface area contributed by atoms with E-state index in [9.17, 15) is 0 Å². The summed E-state index contributed by atoms with van der Waals surface area (Å²) in [6, 6.07) is 1.45. The molecule has 0 bridgehead atoms. The largest absolute Gasteiger partial charge is 0.313 e. The quantitative estimate of drug-likeness (QED) is 0.780. The first-order valence-electron chi connectivity index (χ1n) is 7.96. The minimum atomic E-state index is 0.703. The van der Waals surface area contributed by atoms with Gasteiger partial charge < -0.3 is 5.32 Å². The average Bonchev–Trinajstić information content (AvgIpc) is 2.40. The molecule has 108 valence electrons. The molecule has 0 aromatic rings. The summed E-state index contributed by atoms with van der Waals surface area (Å²) in [5.41, 5.74) is 0. The highest BCUT2D eigenvalue weighted by Crippen LogP contribution is 2.15. The number of nitrogens with one attached hydrogen (secondary N) is 1. The zero-order chi connectivity index (χ0) is 13.5. The van der Waals surface area contributed by atoms with Crippen LogP contribution in [0.1, 0.15) is 60.3 Å². The molecular formula is C16H34N2. The van der Waals surface area contributed by atoms with Crippen LogP contribution in [0.25, 0.3) is 0 Å². The van der Waals surface area contributed by atoms with Crippen molar-refractivity contribution < 1.29 is 0 Å². The van der Waals surface area contributed by atoms with E-state index in [4.69, 9.17) is 0 Å². The maximum Gasteiger partial charge on any atom is 0.0197 e. The van der Waals surface area contributed by atoms with Gasteiger partial charge in [-0.1, -0.05) is 27.7 Å². The second-order valence-corrected chi connectivity index (χ2v) is 6.95. The smallest absolute Gasteiger partial charge is 0.0197 e. The molecule has 18 heavy (non-hydrogen) atoms. The van der Waals surface area contributed by atoms with Crippen LogP contribution >= 0.6 is 0 Å². The van der Waals surface area contributed by atoms with Crippen LogP contribution in [-0.4, -0.2) is 36.6 Å². The highest BCUT2D eigenvalue weighted by Gasteiger charge is 2.22. The molecule has 1 rings (SSSR count). The van der Waals surface area contributed by atoms with Gasteiger partial charge in [0.25, 0.3) is 0 Å². The molecule has 1 N–H and O–H groups in total. The van der Waals surface area contributed by atoms with Crippen LogP contribution < -0.4 is 5.32 Å². The third kappa shape index (κ3) is 6.19. The molecule has 0 radical (unpaired) electrons. The molecule has 0 spiro atoms. The third-order valence-electron chi connectivity index (χ3n) is 4.06. The Morgan fingerprint density at radius 2 is 1.89 bits per heavy atom. The second kappa shape index (κ2) is 8.16. The Bertz CT molecular complexity index is 213. The molecule has 1 heterocycles. The fourth-order valence-electron chi connectivity index (χ4n) is 2.95. The summed E-state index contributed by atoms with van der Waals surface area (Å²) in [4.78, 5) is 2.72. The van der Waals surface area contributed by atoms with Crippen molar-refractivity contribution in [1.82, 2.24) is 10.2 Å². The van der Waals surface area contributed by atoms with E-state index in [-0.39, 0.29) is 0 Å². The van der Waals surface area contributed by atoms with Crippen LogP contribution in [0.2, 0.25) is 0 Å². The van der Waals surface area contributed by atoms with Gasteiger partial charge in [-0.2, -0.15) is 0 Å². The van der Waals surface area contributed by atoms with Gasteiger partial charge in [0.2, 0.25) is 0 Å². The van der Waals surface area contributed by atoms with Gasteiger partial charge in [-0.25, -0.2) is 0 Å². The molecule has 1 aliphatic heterocycles. The molecule has 2 heteroatoms. The summed E-state index contributed by atoms with van der Waals surface area (Å²) >= 11 is 0. The Labute approximate surface area is 115 Å². The SMILES string of the molecule is CC(C)CCCN1CC(CC(C)C)NCCC1C. The van der Waals surface area contributed by atoms with Crippen LogP contribution in [0.5, 0.6) is 0 Å². The molecule has 0 saturated carbocycles. The van der Waals surface area contributed by atoms with Crippen LogP contribution in [-0.2, 0) is 0 Å². The predicted octanol–water partition coefficient (Wildman–Crippen LogP) is 3.52. The average molecular weight is 254 g/mol. The summed E-state index contributed by atoms with van der Waals surface area (Å²) in [5, 5.41) is 3.73. The van der Waals surface area contributed by atoms with Crippen molar-refractivity contribution in [2.24, 2.45) is 11.8 Å². The van der Waals surface area contributed by atoms with Crippen LogP contribution in [0.4, 0.5) is 0 Å². The van der Waals surface area contributed by atoms with Crippen molar-refractivity contribution in [1.29, 1.82) is 0 Å². The lowest BCUT2D eigenvalue weighted by atomic mass is 10.0. The normalized spacial score (nSPS) is 26.8. The number of nitrogens with zero attached hydrogens (tertiary/aromatic N) is 1. The van der Waals surface area contributed by atoms with Gasteiger partial charge in [-0.15, -0.1) is 0 Å². The Kier molecular flexibility index (Phi) is 7.25. The second-order valence-electron chi connectivity index (χ2n) is 6.95. The maximum absolute atomic E-state index is 3.73. The highest BCUT2D eigenvalue weighted by molar-refractivity contribution is 4.81. The zero-order valence-electron chi connectivity index (χ0n) is 13.2. The van der Waals surface area contributed by atoms with Crippen LogP contribution in [0, 0.1) is 11.8 Å². The van der Waals surface area contributed by atoms with Crippen molar-refractivity contribution in [2.45, 2.75) is 72.4 Å². The molecule has 0 aromatic carbocycles. The zero-order valence-corrected chi connectivity index (χ0v) is 13.2. The first-order chi connectivity index (χ1) is 8.49. The van der Waals surface area contributed by atoms with Gasteiger partial charge in [-0.3, -0.25) is 4.90 Å². The number of hydrogen-bond acceptors (Lipinski definition) is 2. The lowest BCUT2D eigenvalue weighted by Crippen LogP contribution is -2.41. The Balaban J connectivity index is 2.40. The lowest BCUT2D eigenvalue weighted by Gasteiger charge is -2.29. The summed E-state index contributed by atoms with van der Waals surface area (Å²) in [5.74, 6) is 1.64. The van der Waals surface area contributed by atoms with Gasteiger partial charge in [0, 0.05) is 18.6 Å². The van der Waals surface area contributed by atoms with E-state index in [0.29, 0.717) is 6.04 Å². The minimum Gasteiger partial charge on any atom is -0.313 e. The van der Waals surface area contributed by atoms with E-state index in [2.05, 4.69) is 44.8 Å². The lowest BCUT2D eigenvalue weighted by molar-refractivity contribution is 0.192. The fourth-order valence-corrected chi connectivity index (χ4v) is 2.95. The molecule has 0 amide bonds. The monoisotopic (exact) mass is 254 g/mol. The van der Waals surface area contributed by atoms with Gasteiger partial charge >= 0.3 is 0 Å². The predicted molar refractivity (Wildman–Crippen MR) is 81.0 cm³/mol. The molecule has 0 aliphatic carbocycles. The Morgan fingerprint density at radius 3 is 2.50 bits per heavy atom. The first kappa shape index (κ1) is 16.0. The van der Waals surface area contributed by atoms with E-state index in [1.807, 2.05) is 0 Å². The van der Waals surface area contributed by atoms with E-state index in [1.54, 1.807) is 0 Å². The Morgan fingerprint density at radius 1 is 1.17 bits per heavy atom. The molecule has 2 nitrogen and oxygen atoms in total. The van der Waals surface area contributed by atoms with E-state index in [1.165, 1.54) is 45.3 Å². The highest BCUT2D eigenvalue weighted by atomic mass is 15.2. The Hall–Kier alpha value is -0.0800. The molecule has 2 unspecified atom stereocenters. The third-order valence-corrected chi connectivity index (χ3v) is 4.06. The fraction of sp³-hybridized carbons (Fsp3) is 1.00. The standard InChI is InChI=1S/C16H34N2/c1-13(2)7-6-10-18-12-16(11-14(3)4)17-9-8-15(18)5/h13-17H,6-12H2,1-5H3. The summed E-state index contributed by atoms with van der Waals surface area (Å²) in [7, 11) is 0. The maximum atomic E-state index is 3.73. The topological polar surface area (TPSA) is 15.3 Å². The molecule has 1 saturated heterocycles. The minimum absolute atomic E-state index is 0.703. The van der Waals surface area contributed by atoms with Crippen molar-refractivity contribution in [2.75, 3.05) is 19.6 Å².